The molecule has 2 saturated carbocycles. The van der Waals surface area contributed by atoms with Gasteiger partial charge in [0.15, 0.2) is 0 Å². The van der Waals surface area contributed by atoms with Gasteiger partial charge in [0.1, 0.15) is 0 Å². The van der Waals surface area contributed by atoms with E-state index in [0.29, 0.717) is 18.4 Å². The van der Waals surface area contributed by atoms with Gasteiger partial charge in [-0.1, -0.05) is 25.0 Å². The van der Waals surface area contributed by atoms with Crippen LogP contribution in [0.2, 0.25) is 0 Å². The molecule has 94 valence electrons. The van der Waals surface area contributed by atoms with Crippen LogP contribution >= 0.6 is 0 Å². The Bertz CT molecular complexity index is 344. The minimum absolute atomic E-state index is 0.0807. The molecule has 3 aliphatic carbocycles. The normalized spacial score (nSPS) is 37.6. The minimum Gasteiger partial charge on any atom is -0.349 e. The van der Waals surface area contributed by atoms with Crippen LogP contribution in [0.1, 0.15) is 38.5 Å². The maximum absolute atomic E-state index is 12.4. The van der Waals surface area contributed by atoms with Crippen LogP contribution in [0.25, 0.3) is 0 Å². The molecular weight excluding hydrogens is 212 g/mol. The Morgan fingerprint density at radius 3 is 2.59 bits per heavy atom. The highest BCUT2D eigenvalue weighted by molar-refractivity contribution is 5.80. The summed E-state index contributed by atoms with van der Waals surface area (Å²) < 4.78 is 0. The average Bonchev–Trinajstić information content (AvgIpc) is 3.04. The zero-order chi connectivity index (χ0) is 11.9. The fourth-order valence-corrected chi connectivity index (χ4v) is 3.87. The zero-order valence-electron chi connectivity index (χ0n) is 10.3. The number of carbonyl (C=O) groups is 1. The van der Waals surface area contributed by atoms with Gasteiger partial charge in [-0.3, -0.25) is 4.79 Å². The minimum atomic E-state index is -0.0807. The molecule has 0 saturated heterocycles. The van der Waals surface area contributed by atoms with Crippen LogP contribution in [-0.4, -0.2) is 18.0 Å². The van der Waals surface area contributed by atoms with Gasteiger partial charge in [0.05, 0.1) is 5.54 Å². The Kier molecular flexibility index (Phi) is 2.74. The number of amides is 1. The third-order valence-corrected chi connectivity index (χ3v) is 4.96. The zero-order valence-corrected chi connectivity index (χ0v) is 10.3. The van der Waals surface area contributed by atoms with Crippen molar-refractivity contribution in [3.05, 3.63) is 12.2 Å². The van der Waals surface area contributed by atoms with Gasteiger partial charge >= 0.3 is 0 Å². The van der Waals surface area contributed by atoms with Crippen LogP contribution in [0.15, 0.2) is 12.2 Å². The van der Waals surface area contributed by atoms with Gasteiger partial charge in [-0.25, -0.2) is 0 Å². The Balaban J connectivity index is 1.65. The SMILES string of the molecule is NCC1(NC(=O)C2CC3C=CC2C3)CCCC1. The van der Waals surface area contributed by atoms with Crippen molar-refractivity contribution in [2.75, 3.05) is 6.54 Å². The predicted molar refractivity (Wildman–Crippen MR) is 67.2 cm³/mol. The number of carbonyl (C=O) groups excluding carboxylic acids is 1. The summed E-state index contributed by atoms with van der Waals surface area (Å²) in [6.45, 7) is 0.593. The highest BCUT2D eigenvalue weighted by Crippen LogP contribution is 2.44. The van der Waals surface area contributed by atoms with Crippen molar-refractivity contribution >= 4 is 5.91 Å². The van der Waals surface area contributed by atoms with E-state index in [1.54, 1.807) is 0 Å². The van der Waals surface area contributed by atoms with Crippen molar-refractivity contribution in [3.8, 4) is 0 Å². The molecule has 1 amide bonds. The van der Waals surface area contributed by atoms with Crippen LogP contribution in [0.4, 0.5) is 0 Å². The van der Waals surface area contributed by atoms with E-state index in [-0.39, 0.29) is 17.4 Å². The summed E-state index contributed by atoms with van der Waals surface area (Å²) in [5.74, 6) is 1.63. The molecule has 3 atom stereocenters. The molecule has 0 aromatic heterocycles. The van der Waals surface area contributed by atoms with Crippen LogP contribution in [-0.2, 0) is 4.79 Å². The van der Waals surface area contributed by atoms with Crippen molar-refractivity contribution in [1.82, 2.24) is 5.32 Å². The molecule has 2 fully saturated rings. The number of fused-ring (bicyclic) bond motifs is 2. The second-order valence-electron chi connectivity index (χ2n) is 6.07. The summed E-state index contributed by atoms with van der Waals surface area (Å²) in [5.41, 5.74) is 5.78. The number of hydrogen-bond acceptors (Lipinski definition) is 2. The van der Waals surface area contributed by atoms with Gasteiger partial charge in [-0.15, -0.1) is 0 Å². The van der Waals surface area contributed by atoms with Crippen molar-refractivity contribution in [2.24, 2.45) is 23.5 Å². The Morgan fingerprint density at radius 2 is 2.06 bits per heavy atom. The van der Waals surface area contributed by atoms with Crippen molar-refractivity contribution < 1.29 is 4.79 Å². The highest BCUT2D eigenvalue weighted by atomic mass is 16.2. The third-order valence-electron chi connectivity index (χ3n) is 4.96. The molecule has 0 radical (unpaired) electrons. The molecule has 3 aliphatic rings. The maximum atomic E-state index is 12.4. The van der Waals surface area contributed by atoms with E-state index in [1.807, 2.05) is 0 Å². The van der Waals surface area contributed by atoms with Crippen LogP contribution in [0, 0.1) is 17.8 Å². The van der Waals surface area contributed by atoms with Gasteiger partial charge in [-0.05, 0) is 37.5 Å². The summed E-state index contributed by atoms with van der Waals surface area (Å²) in [4.78, 5) is 12.4. The van der Waals surface area contributed by atoms with Crippen molar-refractivity contribution in [1.29, 1.82) is 0 Å². The van der Waals surface area contributed by atoms with E-state index in [9.17, 15) is 4.79 Å². The van der Waals surface area contributed by atoms with Crippen LogP contribution in [0.5, 0.6) is 0 Å². The van der Waals surface area contributed by atoms with E-state index < -0.39 is 0 Å². The highest BCUT2D eigenvalue weighted by Gasteiger charge is 2.42. The summed E-state index contributed by atoms with van der Waals surface area (Å²) >= 11 is 0. The molecule has 3 rings (SSSR count). The monoisotopic (exact) mass is 234 g/mol. The second-order valence-corrected chi connectivity index (χ2v) is 6.07. The van der Waals surface area contributed by atoms with E-state index in [4.69, 9.17) is 5.73 Å². The molecular formula is C14H22N2O. The van der Waals surface area contributed by atoms with Crippen molar-refractivity contribution in [3.63, 3.8) is 0 Å². The molecule has 0 aromatic rings. The molecule has 0 spiro atoms. The Labute approximate surface area is 103 Å². The fraction of sp³-hybridized carbons (Fsp3) is 0.786. The molecule has 0 aliphatic heterocycles. The number of nitrogens with two attached hydrogens (primary N) is 1. The first-order chi connectivity index (χ1) is 8.22. The molecule has 3 nitrogen and oxygen atoms in total. The van der Waals surface area contributed by atoms with Crippen molar-refractivity contribution in [2.45, 2.75) is 44.1 Å². The summed E-state index contributed by atoms with van der Waals surface area (Å²) in [6.07, 6.45) is 11.3. The fourth-order valence-electron chi connectivity index (χ4n) is 3.87. The Hall–Kier alpha value is -0.830. The lowest BCUT2D eigenvalue weighted by atomic mass is 9.90. The van der Waals surface area contributed by atoms with E-state index in [1.165, 1.54) is 19.3 Å². The summed E-state index contributed by atoms with van der Waals surface area (Å²) in [7, 11) is 0. The first-order valence-electron chi connectivity index (χ1n) is 6.93. The molecule has 0 heterocycles. The average molecular weight is 234 g/mol. The number of allylic oxidation sites excluding steroid dienone is 2. The Morgan fingerprint density at radius 1 is 1.29 bits per heavy atom. The smallest absolute Gasteiger partial charge is 0.224 e. The van der Waals surface area contributed by atoms with E-state index in [0.717, 1.165) is 19.3 Å². The first kappa shape index (κ1) is 11.3. The molecule has 2 bridgehead atoms. The van der Waals surface area contributed by atoms with Gasteiger partial charge < -0.3 is 11.1 Å². The molecule has 0 aromatic carbocycles. The van der Waals surface area contributed by atoms with Gasteiger partial charge in [0, 0.05) is 12.5 Å². The lowest BCUT2D eigenvalue weighted by Crippen LogP contribution is -2.53. The predicted octanol–water partition coefficient (Wildman–Crippen LogP) is 1.59. The summed E-state index contributed by atoms with van der Waals surface area (Å²) in [6, 6.07) is 0. The number of nitrogens with one attached hydrogen (secondary N) is 1. The van der Waals surface area contributed by atoms with Crippen LogP contribution < -0.4 is 11.1 Å². The lowest BCUT2D eigenvalue weighted by molar-refractivity contribution is -0.127. The van der Waals surface area contributed by atoms with Gasteiger partial charge in [0.25, 0.3) is 0 Å². The van der Waals surface area contributed by atoms with E-state index >= 15 is 0 Å². The number of hydrogen-bond donors (Lipinski definition) is 2. The largest absolute Gasteiger partial charge is 0.349 e. The lowest BCUT2D eigenvalue weighted by Gasteiger charge is -2.31. The van der Waals surface area contributed by atoms with E-state index in [2.05, 4.69) is 17.5 Å². The van der Waals surface area contributed by atoms with Gasteiger partial charge in [0.2, 0.25) is 5.91 Å². The molecule has 3 unspecified atom stereocenters. The maximum Gasteiger partial charge on any atom is 0.224 e. The van der Waals surface area contributed by atoms with Crippen LogP contribution in [0.3, 0.4) is 0 Å². The second kappa shape index (κ2) is 4.13. The molecule has 3 N–H and O–H groups in total. The van der Waals surface area contributed by atoms with Gasteiger partial charge in [-0.2, -0.15) is 0 Å². The standard InChI is InChI=1S/C14H22N2O/c15-9-14(5-1-2-6-14)16-13(17)12-8-10-3-4-11(12)7-10/h3-4,10-12H,1-2,5-9,15H2,(H,16,17). The quantitative estimate of drug-likeness (QED) is 0.729. The first-order valence-corrected chi connectivity index (χ1v) is 6.93. The third kappa shape index (κ3) is 1.90. The molecule has 17 heavy (non-hydrogen) atoms. The summed E-state index contributed by atoms with van der Waals surface area (Å²) in [5, 5.41) is 3.27. The topological polar surface area (TPSA) is 55.1 Å². The molecule has 3 heteroatoms. The number of rotatable bonds is 3.